The van der Waals surface area contributed by atoms with Crippen molar-refractivity contribution in [2.45, 2.75) is 83.0 Å². The molecular weight excluding hydrogens is 702 g/mol. The van der Waals surface area contributed by atoms with Crippen molar-refractivity contribution in [3.05, 3.63) is 131 Å². The van der Waals surface area contributed by atoms with E-state index in [1.807, 2.05) is 60.7 Å². The van der Waals surface area contributed by atoms with Crippen LogP contribution in [0.15, 0.2) is 109 Å². The minimum absolute atomic E-state index is 0.0461. The summed E-state index contributed by atoms with van der Waals surface area (Å²) < 4.78 is 11.3. The second-order valence-electron chi connectivity index (χ2n) is 14.4. The van der Waals surface area contributed by atoms with Gasteiger partial charge in [-0.25, -0.2) is 4.79 Å². The van der Waals surface area contributed by atoms with Crippen molar-refractivity contribution in [1.82, 2.24) is 21.3 Å². The number of amides is 5. The molecule has 288 valence electrons. The van der Waals surface area contributed by atoms with Crippen molar-refractivity contribution in [3.8, 4) is 5.75 Å². The highest BCUT2D eigenvalue weighted by Gasteiger charge is 2.48. The van der Waals surface area contributed by atoms with Gasteiger partial charge in [-0.3, -0.25) is 19.2 Å². The van der Waals surface area contributed by atoms with Crippen LogP contribution in [0, 0.1) is 0 Å². The van der Waals surface area contributed by atoms with Crippen LogP contribution in [0.4, 0.5) is 10.5 Å². The Labute approximate surface area is 320 Å². The predicted octanol–water partition coefficient (Wildman–Crippen LogP) is 4.24. The summed E-state index contributed by atoms with van der Waals surface area (Å²) in [6, 6.07) is 28.6. The Morgan fingerprint density at radius 2 is 1.35 bits per heavy atom. The van der Waals surface area contributed by atoms with Gasteiger partial charge in [-0.1, -0.05) is 91.0 Å². The highest BCUT2D eigenvalue weighted by Crippen LogP contribution is 2.39. The van der Waals surface area contributed by atoms with Gasteiger partial charge < -0.3 is 41.2 Å². The van der Waals surface area contributed by atoms with Crippen LogP contribution in [-0.2, 0) is 49.1 Å². The third-order valence-electron chi connectivity index (χ3n) is 8.81. The predicted molar refractivity (Wildman–Crippen MR) is 205 cm³/mol. The summed E-state index contributed by atoms with van der Waals surface area (Å²) in [6.45, 7) is 7.00. The van der Waals surface area contributed by atoms with Crippen LogP contribution < -0.4 is 31.3 Å². The maximum absolute atomic E-state index is 13.7. The van der Waals surface area contributed by atoms with E-state index >= 15 is 0 Å². The van der Waals surface area contributed by atoms with E-state index in [0.717, 1.165) is 11.1 Å². The van der Waals surface area contributed by atoms with E-state index in [1.54, 1.807) is 69.3 Å². The molecule has 0 bridgehead atoms. The third kappa shape index (κ3) is 11.2. The lowest BCUT2D eigenvalue weighted by atomic mass is 9.88. The van der Waals surface area contributed by atoms with Gasteiger partial charge in [0.25, 0.3) is 5.91 Å². The smallest absolute Gasteiger partial charge is 0.408 e. The molecule has 1 aliphatic rings. The summed E-state index contributed by atoms with van der Waals surface area (Å²) in [4.78, 5) is 66.9. The summed E-state index contributed by atoms with van der Waals surface area (Å²) >= 11 is 0. The van der Waals surface area contributed by atoms with Crippen LogP contribution in [-0.4, -0.2) is 58.6 Å². The molecule has 0 unspecified atom stereocenters. The number of fused-ring (bicyclic) bond motifs is 1. The number of hydrogen-bond donors (Lipinski definition) is 6. The number of nitrogens with one attached hydrogen (secondary N) is 5. The SMILES string of the molecule is C[C@H](NC(=O)[C@H](Cc1ccc(OCc2ccccc2)cc1)NC(=O)OC(C)(C)C)C(=O)N[C@@H](C[C@@]1(O)C(=O)Nc2ccccc21)C(=O)NCc1ccccc1. The Morgan fingerprint density at radius 1 is 0.727 bits per heavy atom. The Hall–Kier alpha value is -6.21. The molecule has 55 heavy (non-hydrogen) atoms. The molecule has 1 aliphatic heterocycles. The Kier molecular flexibility index (Phi) is 12.9. The molecule has 5 rings (SSSR count). The number of hydrogen-bond acceptors (Lipinski definition) is 8. The second-order valence-corrected chi connectivity index (χ2v) is 14.4. The van der Waals surface area contributed by atoms with Gasteiger partial charge in [-0.2, -0.15) is 0 Å². The molecule has 0 saturated heterocycles. The number of carbonyl (C=O) groups excluding carboxylic acids is 5. The second kappa shape index (κ2) is 17.7. The number of anilines is 1. The molecule has 5 amide bonds. The van der Waals surface area contributed by atoms with E-state index in [2.05, 4.69) is 26.6 Å². The summed E-state index contributed by atoms with van der Waals surface area (Å²) in [6.07, 6.45) is -1.27. The lowest BCUT2D eigenvalue weighted by Gasteiger charge is -2.28. The van der Waals surface area contributed by atoms with Crippen LogP contribution in [0.25, 0.3) is 0 Å². The van der Waals surface area contributed by atoms with Crippen LogP contribution in [0.5, 0.6) is 5.75 Å². The molecule has 6 N–H and O–H groups in total. The van der Waals surface area contributed by atoms with Crippen molar-refractivity contribution in [3.63, 3.8) is 0 Å². The molecule has 0 fully saturated rings. The van der Waals surface area contributed by atoms with Gasteiger partial charge >= 0.3 is 6.09 Å². The summed E-state index contributed by atoms with van der Waals surface area (Å²) in [7, 11) is 0. The van der Waals surface area contributed by atoms with Crippen molar-refractivity contribution >= 4 is 35.4 Å². The molecule has 4 aromatic carbocycles. The number of aliphatic hydroxyl groups is 1. The first-order valence-electron chi connectivity index (χ1n) is 18.0. The minimum atomic E-state index is -2.13. The molecule has 1 heterocycles. The summed E-state index contributed by atoms with van der Waals surface area (Å²) in [5, 5.41) is 24.9. The fourth-order valence-electron chi connectivity index (χ4n) is 5.95. The number of rotatable bonds is 15. The van der Waals surface area contributed by atoms with E-state index in [1.165, 1.54) is 6.92 Å². The molecule has 13 heteroatoms. The van der Waals surface area contributed by atoms with Crippen LogP contribution in [0.2, 0.25) is 0 Å². The zero-order chi connectivity index (χ0) is 39.6. The Bertz CT molecular complexity index is 1970. The highest BCUT2D eigenvalue weighted by molar-refractivity contribution is 6.05. The van der Waals surface area contributed by atoms with Gasteiger partial charge in [-0.15, -0.1) is 0 Å². The fraction of sp³-hybridized carbons (Fsp3) is 0.310. The quantitative estimate of drug-likeness (QED) is 0.104. The average molecular weight is 750 g/mol. The zero-order valence-electron chi connectivity index (χ0n) is 31.3. The molecule has 0 radical (unpaired) electrons. The molecule has 0 aromatic heterocycles. The summed E-state index contributed by atoms with van der Waals surface area (Å²) in [5.74, 6) is -2.23. The van der Waals surface area contributed by atoms with E-state index in [4.69, 9.17) is 9.47 Å². The lowest BCUT2D eigenvalue weighted by molar-refractivity contribution is -0.139. The van der Waals surface area contributed by atoms with Crippen molar-refractivity contribution in [1.29, 1.82) is 0 Å². The van der Waals surface area contributed by atoms with Gasteiger partial charge in [0.2, 0.25) is 17.7 Å². The van der Waals surface area contributed by atoms with Crippen LogP contribution in [0.3, 0.4) is 0 Å². The molecule has 0 spiro atoms. The van der Waals surface area contributed by atoms with Gasteiger partial charge in [0, 0.05) is 30.6 Å². The van der Waals surface area contributed by atoms with E-state index < -0.39 is 65.5 Å². The average Bonchev–Trinajstić information content (AvgIpc) is 3.41. The van der Waals surface area contributed by atoms with E-state index in [-0.39, 0.29) is 18.5 Å². The normalized spacial score (nSPS) is 16.3. The van der Waals surface area contributed by atoms with Gasteiger partial charge in [0.1, 0.15) is 36.1 Å². The van der Waals surface area contributed by atoms with Gasteiger partial charge in [0.05, 0.1) is 0 Å². The van der Waals surface area contributed by atoms with E-state index in [0.29, 0.717) is 23.6 Å². The highest BCUT2D eigenvalue weighted by atomic mass is 16.6. The van der Waals surface area contributed by atoms with E-state index in [9.17, 15) is 29.1 Å². The Balaban J connectivity index is 1.28. The Morgan fingerprint density at radius 3 is 2.00 bits per heavy atom. The number of alkyl carbamates (subject to hydrolysis) is 1. The first-order valence-corrected chi connectivity index (χ1v) is 18.0. The fourth-order valence-corrected chi connectivity index (χ4v) is 5.95. The van der Waals surface area contributed by atoms with Gasteiger partial charge in [0.15, 0.2) is 5.60 Å². The first kappa shape index (κ1) is 40.0. The number of para-hydroxylation sites is 1. The summed E-state index contributed by atoms with van der Waals surface area (Å²) in [5.41, 5.74) is 0.183. The molecule has 13 nitrogen and oxygen atoms in total. The van der Waals surface area contributed by atoms with Crippen LogP contribution in [0.1, 0.15) is 56.4 Å². The monoisotopic (exact) mass is 749 g/mol. The molecular formula is C42H47N5O8. The third-order valence-corrected chi connectivity index (χ3v) is 8.81. The molecule has 4 atom stereocenters. The minimum Gasteiger partial charge on any atom is -0.489 e. The van der Waals surface area contributed by atoms with Crippen LogP contribution >= 0.6 is 0 Å². The lowest BCUT2D eigenvalue weighted by Crippen LogP contribution is -2.57. The van der Waals surface area contributed by atoms with Crippen molar-refractivity contribution in [2.75, 3.05) is 5.32 Å². The number of benzene rings is 4. The largest absolute Gasteiger partial charge is 0.489 e. The standard InChI is InChI=1S/C42H47N5O8/c1-27(36(48)45-35(37(49)43-25-29-13-7-5-8-14-29)24-42(53)32-17-11-12-18-33(32)46-39(42)51)44-38(50)34(47-40(52)55-41(2,3)4)23-28-19-21-31(22-20-28)54-26-30-15-9-6-10-16-30/h5-22,27,34-35,53H,23-26H2,1-4H3,(H,43,49)(H,44,50)(H,45,48)(H,46,51)(H,47,52)/t27-,34-,35-,42-/m0/s1. The van der Waals surface area contributed by atoms with Crippen molar-refractivity contribution < 1.29 is 38.6 Å². The first-order chi connectivity index (χ1) is 26.2. The molecule has 0 saturated carbocycles. The number of ether oxygens (including phenoxy) is 2. The number of carbonyl (C=O) groups is 5. The molecule has 0 aliphatic carbocycles. The zero-order valence-corrected chi connectivity index (χ0v) is 31.3. The maximum atomic E-state index is 13.7. The van der Waals surface area contributed by atoms with Crippen molar-refractivity contribution in [2.24, 2.45) is 0 Å². The maximum Gasteiger partial charge on any atom is 0.408 e. The molecule has 4 aromatic rings. The van der Waals surface area contributed by atoms with Gasteiger partial charge in [-0.05, 0) is 62.6 Å². The topological polar surface area (TPSA) is 184 Å².